The molecule has 1 atom stereocenters. The normalized spacial score (nSPS) is 9.97. The largest absolute Gasteiger partial charge is 0.494 e. The number of rotatable bonds is 12. The number of benzene rings is 4. The van der Waals surface area contributed by atoms with E-state index in [2.05, 4.69) is 19.1 Å². The molecule has 1 aromatic heterocycles. The Morgan fingerprint density at radius 1 is 0.721 bits per heavy atom. The summed E-state index contributed by atoms with van der Waals surface area (Å²) in [7, 11) is 0. The third kappa shape index (κ3) is 23.0. The quantitative estimate of drug-likeness (QED) is 0.0424. The van der Waals surface area contributed by atoms with Crippen molar-refractivity contribution in [3.05, 3.63) is 152 Å². The molecule has 1 N–H and O–H groups in total. The van der Waals surface area contributed by atoms with Gasteiger partial charge in [-0.2, -0.15) is 0 Å². The van der Waals surface area contributed by atoms with E-state index in [4.69, 9.17) is 19.0 Å². The number of hydrogen-bond acceptors (Lipinski definition) is 9. The van der Waals surface area contributed by atoms with E-state index >= 15 is 0 Å². The molecule has 4 aromatic carbocycles. The third-order valence-corrected chi connectivity index (χ3v) is 8.77. The number of fused-ring (bicyclic) bond motifs is 1. The minimum atomic E-state index is -0.787. The summed E-state index contributed by atoms with van der Waals surface area (Å²) >= 11 is 0. The maximum Gasteiger partial charge on any atom is 0.336 e. The van der Waals surface area contributed by atoms with Gasteiger partial charge in [0.1, 0.15) is 23.2 Å². The summed E-state index contributed by atoms with van der Waals surface area (Å²) < 4.78 is 16.0. The summed E-state index contributed by atoms with van der Waals surface area (Å²) in [6.07, 6.45) is 3.08. The van der Waals surface area contributed by atoms with Crippen LogP contribution in [0.15, 0.2) is 94.1 Å². The fraction of sp³-hybridized carbons (Fsp3) is 0.388. The van der Waals surface area contributed by atoms with E-state index in [1.807, 2.05) is 122 Å². The van der Waals surface area contributed by atoms with Gasteiger partial charge in [0, 0.05) is 106 Å². The number of nitro benzene ring substituents is 1. The van der Waals surface area contributed by atoms with Gasteiger partial charge in [-0.1, -0.05) is 94.8 Å². The Kier molecular flexibility index (Phi) is 34.6. The van der Waals surface area contributed by atoms with Gasteiger partial charge in [-0.05, 0) is 102 Å². The van der Waals surface area contributed by atoms with Gasteiger partial charge in [-0.25, -0.2) is 4.79 Å². The average molecular weight is 991 g/mol. The maximum atomic E-state index is 11.2. The van der Waals surface area contributed by atoms with Crippen molar-refractivity contribution in [3.8, 4) is 11.5 Å². The summed E-state index contributed by atoms with van der Waals surface area (Å²) in [6, 6.07) is 26.7. The molecule has 1 heterocycles. The molecule has 12 heteroatoms. The topological polar surface area (TPSA) is 146 Å². The molecule has 2 radical (unpaired) electrons. The molecule has 328 valence electrons. The van der Waals surface area contributed by atoms with Crippen LogP contribution in [0.2, 0.25) is 0 Å². The molecule has 0 saturated heterocycles. The van der Waals surface area contributed by atoms with E-state index in [0.29, 0.717) is 43.7 Å². The number of nitro groups is 1. The Labute approximate surface area is 414 Å². The fourth-order valence-corrected chi connectivity index (χ4v) is 5.36. The predicted molar refractivity (Wildman–Crippen MR) is 241 cm³/mol. The summed E-state index contributed by atoms with van der Waals surface area (Å²) in [5.74, 6) is 1.82. The zero-order valence-corrected chi connectivity index (χ0v) is 44.1. The number of nitrogens with zero attached hydrogens (tertiary/aromatic N) is 1. The zero-order valence-electron chi connectivity index (χ0n) is 38.4. The Hall–Kier alpha value is -3.40. The van der Waals surface area contributed by atoms with Crippen LogP contribution in [0.5, 0.6) is 11.5 Å². The van der Waals surface area contributed by atoms with Gasteiger partial charge in [0.2, 0.25) is 0 Å². The number of aliphatic hydroxyl groups excluding tert-OH is 1. The molecule has 0 bridgehead atoms. The van der Waals surface area contributed by atoms with Crippen LogP contribution in [0, 0.1) is 31.4 Å². The van der Waals surface area contributed by atoms with Crippen molar-refractivity contribution < 1.29 is 98.9 Å². The number of hydrogen-bond donors (Lipinski definition) is 1. The van der Waals surface area contributed by atoms with E-state index in [9.17, 15) is 24.5 Å². The van der Waals surface area contributed by atoms with Crippen LogP contribution in [0.25, 0.3) is 11.0 Å². The van der Waals surface area contributed by atoms with Crippen molar-refractivity contribution in [1.29, 1.82) is 0 Å². The van der Waals surface area contributed by atoms with Crippen molar-refractivity contribution in [3.63, 3.8) is 0 Å². The maximum absolute atomic E-state index is 11.2. The first-order valence-electron chi connectivity index (χ1n) is 20.0. The first-order valence-corrected chi connectivity index (χ1v) is 20.0. The van der Waals surface area contributed by atoms with Crippen molar-refractivity contribution in [2.24, 2.45) is 0 Å². The monoisotopic (exact) mass is 990 g/mol. The summed E-state index contributed by atoms with van der Waals surface area (Å²) in [5, 5.41) is 20.1. The smallest absolute Gasteiger partial charge is 0.336 e. The number of carbonyl (C=O) groups excluding carboxylic acids is 2. The van der Waals surface area contributed by atoms with Crippen LogP contribution in [-0.4, -0.2) is 40.9 Å². The molecule has 0 fully saturated rings. The van der Waals surface area contributed by atoms with Crippen molar-refractivity contribution in [2.75, 3.05) is 13.2 Å². The van der Waals surface area contributed by atoms with Gasteiger partial charge < -0.3 is 26.4 Å². The molecular weight excluding hydrogens is 924 g/mol. The minimum absolute atomic E-state index is 0. The van der Waals surface area contributed by atoms with Gasteiger partial charge in [0.25, 0.3) is 5.69 Å². The predicted octanol–water partition coefficient (Wildman–Crippen LogP) is 11.4. The van der Waals surface area contributed by atoms with Gasteiger partial charge in [-0.15, -0.1) is 0 Å². The number of aliphatic hydroxyl groups is 1. The van der Waals surface area contributed by atoms with E-state index in [1.54, 1.807) is 6.07 Å². The summed E-state index contributed by atoms with van der Waals surface area (Å²) in [6.45, 7) is 22.1. The molecule has 0 amide bonds. The summed E-state index contributed by atoms with van der Waals surface area (Å²) in [5.41, 5.74) is 7.79. The standard InChI is InChI=1S/C12H12O2.C12H18O2.C10H13NO2.C10H12O.C4H8O2.CH3.2Y/c1-3-9-7-12(13)14-11-6-8(2)4-5-10(9)11;1-4-10-7-11(13-5-2)9-12(8-10)14-6-3;1-3-8-6-5-7-9(4-2)10(8)11(12)13;1-3-10(11)9-6-4-8(2)5-7-9;1-3(5)4(2)6;;;/h4-7H,3H2,1-2H3;7-9H,4-6H2,1-3H3;5-7H,3-4H2,1-2H3;4-7H,3H2,1-2H3;3,5H,1-2H3;1H3;;/q;;;;;-1;;. The first kappa shape index (κ1) is 61.9. The van der Waals surface area contributed by atoms with Gasteiger partial charge in [-0.3, -0.25) is 19.7 Å². The van der Waals surface area contributed by atoms with Gasteiger partial charge >= 0.3 is 5.63 Å². The molecule has 0 saturated carbocycles. The number of ether oxygens (including phenoxy) is 2. The van der Waals surface area contributed by atoms with Crippen molar-refractivity contribution in [2.45, 2.75) is 114 Å². The molecule has 61 heavy (non-hydrogen) atoms. The SMILES string of the molecule is CC(=O)C(C)O.CCC(=O)c1ccc(C)cc1.CCOc1cc(CC)cc(OCC)c1.CCc1cc(=O)oc2cc(C)ccc12.CCc1cccc(CC)c1[N+](=O)[O-].[CH3-].[Y].[Y]. The molecule has 0 aliphatic rings. The number of aryl methyl sites for hydroxylation is 6. The Morgan fingerprint density at radius 3 is 1.59 bits per heavy atom. The molecular formula is C49H66NO9Y2-. The average Bonchev–Trinajstić information content (AvgIpc) is 3.20. The minimum Gasteiger partial charge on any atom is -0.494 e. The van der Waals surface area contributed by atoms with E-state index in [1.165, 1.54) is 25.0 Å². The molecule has 0 aliphatic carbocycles. The van der Waals surface area contributed by atoms with Crippen LogP contribution in [0.1, 0.15) is 112 Å². The molecule has 10 nitrogen and oxygen atoms in total. The Morgan fingerprint density at radius 2 is 1.20 bits per heavy atom. The Balaban J connectivity index is -0.000000695. The Bertz CT molecular complexity index is 2050. The second kappa shape index (κ2) is 34.1. The number of para-hydroxylation sites is 1. The van der Waals surface area contributed by atoms with Crippen molar-refractivity contribution in [1.82, 2.24) is 0 Å². The van der Waals surface area contributed by atoms with Crippen LogP contribution < -0.4 is 15.1 Å². The number of carbonyl (C=O) groups is 2. The molecule has 5 aromatic rings. The zero-order chi connectivity index (χ0) is 43.8. The van der Waals surface area contributed by atoms with Gasteiger partial charge in [0.15, 0.2) is 11.6 Å². The second-order valence-electron chi connectivity index (χ2n) is 13.3. The van der Waals surface area contributed by atoms with E-state index < -0.39 is 6.10 Å². The van der Waals surface area contributed by atoms with Crippen molar-refractivity contribution >= 4 is 28.2 Å². The van der Waals surface area contributed by atoms with Crippen LogP contribution in [-0.2, 0) is 95.9 Å². The van der Waals surface area contributed by atoms with Crippen LogP contribution in [0.3, 0.4) is 0 Å². The van der Waals surface area contributed by atoms with Gasteiger partial charge in [0.05, 0.1) is 18.1 Å². The molecule has 0 aliphatic heterocycles. The molecule has 5 rings (SSSR count). The summed E-state index contributed by atoms with van der Waals surface area (Å²) in [4.78, 5) is 42.7. The van der Waals surface area contributed by atoms with Crippen LogP contribution >= 0.6 is 0 Å². The van der Waals surface area contributed by atoms with Crippen LogP contribution in [0.4, 0.5) is 5.69 Å². The number of Topliss-reactive ketones (excluding diaryl/α,β-unsaturated/α-hetero) is 2. The van der Waals surface area contributed by atoms with E-state index in [-0.39, 0.29) is 95.0 Å². The van der Waals surface area contributed by atoms with E-state index in [0.717, 1.165) is 57.5 Å². The third-order valence-electron chi connectivity index (χ3n) is 8.77. The fourth-order valence-electron chi connectivity index (χ4n) is 5.36. The second-order valence-corrected chi connectivity index (χ2v) is 13.3. The molecule has 0 spiro atoms. The molecule has 1 unspecified atom stereocenters. The first-order chi connectivity index (χ1) is 27.6. The number of ketones is 2.